The number of carbonyl (C=O) groups excluding carboxylic acids is 2. The van der Waals surface area contributed by atoms with Crippen LogP contribution in [0.4, 0.5) is 8.78 Å². The number of amides is 2. The predicted molar refractivity (Wildman–Crippen MR) is 90.4 cm³/mol. The van der Waals surface area contributed by atoms with Crippen molar-refractivity contribution in [3.63, 3.8) is 0 Å². The fraction of sp³-hybridized carbons (Fsp3) is 0.444. The summed E-state index contributed by atoms with van der Waals surface area (Å²) in [5, 5.41) is 8.20. The molecular weight excluding hydrogens is 356 g/mol. The second-order valence-corrected chi connectivity index (χ2v) is 6.97. The van der Waals surface area contributed by atoms with Crippen LogP contribution in [0.1, 0.15) is 30.1 Å². The molecule has 0 atom stereocenters. The lowest BCUT2D eigenvalue weighted by Crippen LogP contribution is -2.51. The Kier molecular flexibility index (Phi) is 4.59. The molecule has 0 bridgehead atoms. The Labute approximate surface area is 154 Å². The van der Waals surface area contributed by atoms with Crippen LogP contribution in [-0.2, 0) is 22.6 Å². The van der Waals surface area contributed by atoms with Crippen LogP contribution in [-0.4, -0.2) is 56.2 Å². The van der Waals surface area contributed by atoms with Crippen LogP contribution in [0, 0.1) is 11.6 Å². The van der Waals surface area contributed by atoms with Gasteiger partial charge < -0.3 is 9.80 Å². The summed E-state index contributed by atoms with van der Waals surface area (Å²) < 4.78 is 28.3. The Balaban J connectivity index is 1.30. The minimum atomic E-state index is -0.710. The van der Waals surface area contributed by atoms with Gasteiger partial charge in [-0.05, 0) is 18.1 Å². The lowest BCUT2D eigenvalue weighted by molar-refractivity contribution is -0.136. The molecule has 2 fully saturated rings. The molecule has 2 saturated heterocycles. The summed E-state index contributed by atoms with van der Waals surface area (Å²) in [6.45, 7) is 2.13. The molecule has 0 spiro atoms. The van der Waals surface area contributed by atoms with Gasteiger partial charge in [-0.3, -0.25) is 9.59 Å². The largest absolute Gasteiger partial charge is 0.338 e. The molecule has 142 valence electrons. The fourth-order valence-corrected chi connectivity index (χ4v) is 3.40. The highest BCUT2D eigenvalue weighted by Gasteiger charge is 2.33. The molecule has 27 heavy (non-hydrogen) atoms. The number of halogens is 2. The van der Waals surface area contributed by atoms with Gasteiger partial charge in [-0.15, -0.1) is 5.10 Å². The maximum absolute atomic E-state index is 13.7. The van der Waals surface area contributed by atoms with Crippen LogP contribution in [0.3, 0.4) is 0 Å². The van der Waals surface area contributed by atoms with Crippen molar-refractivity contribution < 1.29 is 18.4 Å². The molecule has 1 aromatic heterocycles. The molecule has 4 rings (SSSR count). The number of rotatable bonds is 5. The van der Waals surface area contributed by atoms with Crippen LogP contribution in [0.15, 0.2) is 24.4 Å². The van der Waals surface area contributed by atoms with E-state index in [1.807, 2.05) is 0 Å². The summed E-state index contributed by atoms with van der Waals surface area (Å²) >= 11 is 0. The highest BCUT2D eigenvalue weighted by molar-refractivity contribution is 5.79. The summed E-state index contributed by atoms with van der Waals surface area (Å²) in [5.74, 6) is -1.44. The normalized spacial score (nSPS) is 17.5. The van der Waals surface area contributed by atoms with Gasteiger partial charge in [0.05, 0.1) is 25.2 Å². The Hall–Kier alpha value is -2.84. The first kappa shape index (κ1) is 17.6. The van der Waals surface area contributed by atoms with Crippen molar-refractivity contribution in [2.24, 2.45) is 0 Å². The zero-order valence-corrected chi connectivity index (χ0v) is 14.6. The van der Waals surface area contributed by atoms with E-state index in [1.54, 1.807) is 20.7 Å². The monoisotopic (exact) mass is 375 g/mol. The first-order chi connectivity index (χ1) is 13.0. The van der Waals surface area contributed by atoms with E-state index >= 15 is 0 Å². The molecule has 3 heterocycles. The summed E-state index contributed by atoms with van der Waals surface area (Å²) in [6, 6.07) is 3.24. The fourth-order valence-electron chi connectivity index (χ4n) is 3.40. The number of benzene rings is 1. The topological polar surface area (TPSA) is 71.3 Å². The first-order valence-corrected chi connectivity index (χ1v) is 8.90. The van der Waals surface area contributed by atoms with Crippen LogP contribution in [0.2, 0.25) is 0 Å². The molecule has 2 aliphatic heterocycles. The Bertz CT molecular complexity index is 878. The van der Waals surface area contributed by atoms with Gasteiger partial charge >= 0.3 is 0 Å². The third kappa shape index (κ3) is 3.67. The third-order valence-electron chi connectivity index (χ3n) is 5.03. The summed E-state index contributed by atoms with van der Waals surface area (Å²) in [6.07, 6.45) is 3.17. The van der Waals surface area contributed by atoms with Gasteiger partial charge in [0, 0.05) is 32.1 Å². The van der Waals surface area contributed by atoms with E-state index in [9.17, 15) is 18.4 Å². The molecule has 2 amide bonds. The van der Waals surface area contributed by atoms with Crippen molar-refractivity contribution in [1.82, 2.24) is 24.8 Å². The molecule has 0 unspecified atom stereocenters. The summed E-state index contributed by atoms with van der Waals surface area (Å²) in [4.78, 5) is 27.3. The average molecular weight is 375 g/mol. The number of hydrogen-bond acceptors (Lipinski definition) is 4. The maximum atomic E-state index is 13.7. The van der Waals surface area contributed by atoms with Gasteiger partial charge in [0.25, 0.3) is 0 Å². The van der Waals surface area contributed by atoms with Gasteiger partial charge in [0.15, 0.2) is 0 Å². The second kappa shape index (κ2) is 7.05. The van der Waals surface area contributed by atoms with Gasteiger partial charge in [-0.1, -0.05) is 11.3 Å². The van der Waals surface area contributed by atoms with Crippen molar-refractivity contribution in [1.29, 1.82) is 0 Å². The van der Waals surface area contributed by atoms with Crippen LogP contribution >= 0.6 is 0 Å². The smallest absolute Gasteiger partial charge is 0.227 e. The Morgan fingerprint density at radius 1 is 1.26 bits per heavy atom. The van der Waals surface area contributed by atoms with Crippen LogP contribution < -0.4 is 0 Å². The van der Waals surface area contributed by atoms with Crippen LogP contribution in [0.25, 0.3) is 0 Å². The van der Waals surface area contributed by atoms with Gasteiger partial charge in [-0.25, -0.2) is 13.5 Å². The van der Waals surface area contributed by atoms with E-state index in [1.165, 1.54) is 6.07 Å². The average Bonchev–Trinajstić information content (AvgIpc) is 3.19. The third-order valence-corrected chi connectivity index (χ3v) is 5.03. The minimum absolute atomic E-state index is 0.0162. The predicted octanol–water partition coefficient (Wildman–Crippen LogP) is 1.30. The highest BCUT2D eigenvalue weighted by Crippen LogP contribution is 2.22. The molecular formula is C18H19F2N5O2. The van der Waals surface area contributed by atoms with Crippen molar-refractivity contribution in [3.05, 3.63) is 47.3 Å². The SMILES string of the molecule is O=C1CCCN1Cc1cn(C2CN(C(=O)Cc3ccc(F)cc3F)C2)nn1. The van der Waals surface area contributed by atoms with E-state index in [-0.39, 0.29) is 29.8 Å². The van der Waals surface area contributed by atoms with E-state index in [2.05, 4.69) is 10.3 Å². The van der Waals surface area contributed by atoms with Gasteiger partial charge in [-0.2, -0.15) is 0 Å². The number of nitrogens with zero attached hydrogens (tertiary/aromatic N) is 5. The number of carbonyl (C=O) groups is 2. The first-order valence-electron chi connectivity index (χ1n) is 8.90. The second-order valence-electron chi connectivity index (χ2n) is 6.97. The van der Waals surface area contributed by atoms with E-state index in [4.69, 9.17) is 0 Å². The molecule has 0 aliphatic carbocycles. The number of likely N-dealkylation sites (tertiary alicyclic amines) is 2. The van der Waals surface area contributed by atoms with E-state index in [0.29, 0.717) is 26.1 Å². The number of hydrogen-bond donors (Lipinski definition) is 0. The van der Waals surface area contributed by atoms with Gasteiger partial charge in [0.2, 0.25) is 11.8 Å². The highest BCUT2D eigenvalue weighted by atomic mass is 19.1. The molecule has 1 aromatic carbocycles. The van der Waals surface area contributed by atoms with Gasteiger partial charge in [0.1, 0.15) is 17.3 Å². The zero-order chi connectivity index (χ0) is 19.0. The van der Waals surface area contributed by atoms with Crippen molar-refractivity contribution in [2.45, 2.75) is 31.8 Å². The van der Waals surface area contributed by atoms with Crippen LogP contribution in [0.5, 0.6) is 0 Å². The molecule has 0 radical (unpaired) electrons. The Morgan fingerprint density at radius 3 is 2.78 bits per heavy atom. The lowest BCUT2D eigenvalue weighted by Gasteiger charge is -2.39. The summed E-state index contributed by atoms with van der Waals surface area (Å²) in [7, 11) is 0. The molecule has 0 saturated carbocycles. The molecule has 7 nitrogen and oxygen atoms in total. The van der Waals surface area contributed by atoms with E-state index in [0.717, 1.165) is 30.8 Å². The molecule has 2 aromatic rings. The maximum Gasteiger partial charge on any atom is 0.227 e. The standard InChI is InChI=1S/C18H19F2N5O2/c19-13-4-3-12(16(20)7-13)6-18(27)24-10-15(11-24)25-9-14(21-22-25)8-23-5-1-2-17(23)26/h3-4,7,9,15H,1-2,5-6,8,10-11H2. The summed E-state index contributed by atoms with van der Waals surface area (Å²) in [5.41, 5.74) is 0.909. The van der Waals surface area contributed by atoms with E-state index < -0.39 is 11.6 Å². The number of aromatic nitrogens is 3. The quantitative estimate of drug-likeness (QED) is 0.790. The van der Waals surface area contributed by atoms with Crippen molar-refractivity contribution >= 4 is 11.8 Å². The molecule has 9 heteroatoms. The van der Waals surface area contributed by atoms with Crippen molar-refractivity contribution in [2.75, 3.05) is 19.6 Å². The van der Waals surface area contributed by atoms with Crippen molar-refractivity contribution in [3.8, 4) is 0 Å². The minimum Gasteiger partial charge on any atom is -0.338 e. The Morgan fingerprint density at radius 2 is 2.07 bits per heavy atom. The molecule has 0 N–H and O–H groups in total. The zero-order valence-electron chi connectivity index (χ0n) is 14.6. The molecule has 2 aliphatic rings. The lowest BCUT2D eigenvalue weighted by atomic mass is 10.1.